The first-order chi connectivity index (χ1) is 14.7. The van der Waals surface area contributed by atoms with Crippen LogP contribution in [0.3, 0.4) is 0 Å². The normalized spacial score (nSPS) is 65.4. The van der Waals surface area contributed by atoms with Crippen LogP contribution in [-0.2, 0) is 14.2 Å². The van der Waals surface area contributed by atoms with Crippen LogP contribution in [0.25, 0.3) is 0 Å². The van der Waals surface area contributed by atoms with Gasteiger partial charge in [0.05, 0.1) is 42.2 Å². The van der Waals surface area contributed by atoms with Crippen LogP contribution in [0, 0.1) is 39.9 Å². The molecule has 6 saturated carbocycles. The van der Waals surface area contributed by atoms with Crippen LogP contribution in [0.1, 0.15) is 45.4 Å². The maximum atomic E-state index is 12.7. The Morgan fingerprint density at radius 2 is 1.71 bits per heavy atom. The molecule has 0 aromatic heterocycles. The van der Waals surface area contributed by atoms with Crippen molar-refractivity contribution in [2.75, 3.05) is 27.9 Å². The second-order valence-corrected chi connectivity index (χ2v) is 11.8. The quantitative estimate of drug-likeness (QED) is 0.501. The van der Waals surface area contributed by atoms with Crippen LogP contribution in [0.15, 0.2) is 0 Å². The molecule has 13 atom stereocenters. The van der Waals surface area contributed by atoms with E-state index in [1.165, 1.54) is 0 Å². The summed E-state index contributed by atoms with van der Waals surface area (Å²) in [7, 11) is 5.04. The van der Waals surface area contributed by atoms with Crippen molar-refractivity contribution in [2.45, 2.75) is 81.1 Å². The molecule has 31 heavy (non-hydrogen) atoms. The number of fused-ring (bicyclic) bond motifs is 2. The zero-order valence-electron chi connectivity index (χ0n) is 19.1. The molecule has 7 bridgehead atoms. The number of aliphatic hydroxyl groups excluding tert-OH is 2. The third-order valence-corrected chi connectivity index (χ3v) is 11.6. The van der Waals surface area contributed by atoms with Crippen LogP contribution >= 0.6 is 0 Å². The lowest BCUT2D eigenvalue weighted by molar-refractivity contribution is -0.314. The van der Waals surface area contributed by atoms with E-state index < -0.39 is 40.2 Å². The van der Waals surface area contributed by atoms with Crippen LogP contribution in [-0.4, -0.2) is 84.0 Å². The molecule has 0 saturated heterocycles. The summed E-state index contributed by atoms with van der Waals surface area (Å²) in [4.78, 5) is 0. The van der Waals surface area contributed by atoms with E-state index in [4.69, 9.17) is 14.2 Å². The summed E-state index contributed by atoms with van der Waals surface area (Å²) in [5, 5.41) is 48.4. The highest BCUT2D eigenvalue weighted by Gasteiger charge is 2.95. The average molecular weight is 439 g/mol. The van der Waals surface area contributed by atoms with Crippen LogP contribution < -0.4 is 0 Å². The Bertz CT molecular complexity index is 792. The van der Waals surface area contributed by atoms with Crippen LogP contribution in [0.2, 0.25) is 0 Å². The number of ether oxygens (including phenoxy) is 3. The summed E-state index contributed by atoms with van der Waals surface area (Å²) < 4.78 is 17.7. The van der Waals surface area contributed by atoms with Crippen molar-refractivity contribution in [3.63, 3.8) is 0 Å². The maximum absolute atomic E-state index is 12.7. The van der Waals surface area contributed by atoms with Crippen molar-refractivity contribution >= 4 is 0 Å². The Hall–Kier alpha value is -0.280. The monoisotopic (exact) mass is 438 g/mol. The van der Waals surface area contributed by atoms with E-state index in [1.807, 2.05) is 0 Å². The Kier molecular flexibility index (Phi) is 4.14. The fourth-order valence-electron chi connectivity index (χ4n) is 11.6. The molecule has 1 spiro atoms. The van der Waals surface area contributed by atoms with Crippen molar-refractivity contribution in [3.8, 4) is 0 Å². The second-order valence-electron chi connectivity index (χ2n) is 11.8. The molecule has 0 amide bonds. The van der Waals surface area contributed by atoms with Crippen molar-refractivity contribution in [1.82, 2.24) is 0 Å². The number of hydrogen-bond acceptors (Lipinski definition) is 7. The van der Waals surface area contributed by atoms with Gasteiger partial charge in [0.25, 0.3) is 0 Å². The van der Waals surface area contributed by atoms with Gasteiger partial charge in [-0.15, -0.1) is 0 Å². The van der Waals surface area contributed by atoms with Gasteiger partial charge in [-0.05, 0) is 37.5 Å². The standard InChI is InChI=1S/C24H38O7/c1-5-21-10-20(11-29-2)7-6-14(25)24(21)18(20)16(31-4)19(21)22(27)9-13(30-3)12-8-23(24,28)17(22)15(12)26/h12-19,25-28H,5-11H2,1-4H3/t12-,13+,14+,15-,16+,17+,18+,19-,20-,21+,22+,23+,24-/m1/s1. The molecule has 6 rings (SSSR count). The first kappa shape index (κ1) is 21.3. The molecule has 4 N–H and O–H groups in total. The molecule has 0 heterocycles. The van der Waals surface area contributed by atoms with Gasteiger partial charge in [0.1, 0.15) is 0 Å². The molecular formula is C24H38O7. The number of methoxy groups -OCH3 is 3. The Morgan fingerprint density at radius 1 is 0.968 bits per heavy atom. The van der Waals surface area contributed by atoms with Gasteiger partial charge in [-0.3, -0.25) is 0 Å². The van der Waals surface area contributed by atoms with Crippen LogP contribution in [0.5, 0.6) is 0 Å². The average Bonchev–Trinajstić information content (AvgIpc) is 3.21. The Labute approximate surface area is 184 Å². The molecule has 6 aliphatic rings. The van der Waals surface area contributed by atoms with Crippen molar-refractivity contribution < 1.29 is 34.6 Å². The lowest BCUT2D eigenvalue weighted by Gasteiger charge is -2.66. The lowest BCUT2D eigenvalue weighted by Crippen LogP contribution is -2.75. The highest BCUT2D eigenvalue weighted by atomic mass is 16.5. The van der Waals surface area contributed by atoms with Crippen molar-refractivity contribution in [3.05, 3.63) is 0 Å². The zero-order valence-corrected chi connectivity index (χ0v) is 19.1. The van der Waals surface area contributed by atoms with Gasteiger partial charge in [-0.2, -0.15) is 0 Å². The van der Waals surface area contributed by atoms with E-state index in [-0.39, 0.29) is 35.4 Å². The smallest absolute Gasteiger partial charge is 0.0822 e. The first-order valence-electron chi connectivity index (χ1n) is 12.0. The van der Waals surface area contributed by atoms with Gasteiger partial charge in [-0.1, -0.05) is 6.92 Å². The molecule has 176 valence electrons. The first-order valence-corrected chi connectivity index (χ1v) is 12.0. The molecule has 0 aromatic carbocycles. The van der Waals surface area contributed by atoms with Gasteiger partial charge in [0.2, 0.25) is 0 Å². The SMILES string of the molecule is CC[C@@]12C[C@@]3(COC)CC[C@H](O)[C@@]14[C@H]3[C@H](OC)[C@H]2[C@]1(O)C[C@H](OC)[C@H]2C[C@]4(O)[C@H]1[C@@H]2O. The maximum Gasteiger partial charge on any atom is 0.0822 e. The third-order valence-electron chi connectivity index (χ3n) is 11.6. The topological polar surface area (TPSA) is 109 Å². The van der Waals surface area contributed by atoms with Gasteiger partial charge >= 0.3 is 0 Å². The molecule has 0 unspecified atom stereocenters. The summed E-state index contributed by atoms with van der Waals surface area (Å²) in [5.74, 6) is -1.33. The van der Waals surface area contributed by atoms with E-state index in [0.29, 0.717) is 25.9 Å². The molecule has 6 fully saturated rings. The summed E-state index contributed by atoms with van der Waals surface area (Å²) in [6.45, 7) is 2.70. The summed E-state index contributed by atoms with van der Waals surface area (Å²) in [6.07, 6.45) is 1.54. The molecule has 7 nitrogen and oxygen atoms in total. The summed E-state index contributed by atoms with van der Waals surface area (Å²) >= 11 is 0. The van der Waals surface area contributed by atoms with E-state index in [9.17, 15) is 20.4 Å². The predicted octanol–water partition coefficient (Wildman–Crippen LogP) is 0.713. The third kappa shape index (κ3) is 1.80. The van der Waals surface area contributed by atoms with E-state index >= 15 is 0 Å². The Morgan fingerprint density at radius 3 is 2.32 bits per heavy atom. The molecule has 7 heteroatoms. The van der Waals surface area contributed by atoms with E-state index in [2.05, 4.69) is 6.92 Å². The van der Waals surface area contributed by atoms with Gasteiger partial charge in [0, 0.05) is 62.3 Å². The second kappa shape index (κ2) is 6.04. The largest absolute Gasteiger partial charge is 0.392 e. The molecular weight excluding hydrogens is 400 g/mol. The van der Waals surface area contributed by atoms with Crippen molar-refractivity contribution in [1.29, 1.82) is 0 Å². The minimum absolute atomic E-state index is 0.120. The van der Waals surface area contributed by atoms with Gasteiger partial charge < -0.3 is 34.6 Å². The molecule has 6 aliphatic carbocycles. The van der Waals surface area contributed by atoms with E-state index in [0.717, 1.165) is 19.3 Å². The summed E-state index contributed by atoms with van der Waals surface area (Å²) in [6, 6.07) is 0. The predicted molar refractivity (Wildman–Crippen MR) is 110 cm³/mol. The highest BCUT2D eigenvalue weighted by Crippen LogP contribution is 2.90. The highest BCUT2D eigenvalue weighted by molar-refractivity contribution is 5.43. The molecule has 0 radical (unpaired) electrons. The van der Waals surface area contributed by atoms with Crippen molar-refractivity contribution in [2.24, 2.45) is 39.9 Å². The fraction of sp³-hybridized carbons (Fsp3) is 1.00. The molecule has 0 aromatic rings. The van der Waals surface area contributed by atoms with Gasteiger partial charge in [0.15, 0.2) is 0 Å². The lowest BCUT2D eigenvalue weighted by atomic mass is 9.41. The number of rotatable bonds is 5. The number of aliphatic hydroxyl groups is 4. The summed E-state index contributed by atoms with van der Waals surface area (Å²) in [5.41, 5.74) is -4.19. The fourth-order valence-corrected chi connectivity index (χ4v) is 11.6. The van der Waals surface area contributed by atoms with Crippen LogP contribution in [0.4, 0.5) is 0 Å². The van der Waals surface area contributed by atoms with Gasteiger partial charge in [-0.25, -0.2) is 0 Å². The zero-order chi connectivity index (χ0) is 22.2. The Balaban J connectivity index is 1.68. The molecule has 0 aliphatic heterocycles. The number of hydrogen-bond donors (Lipinski definition) is 4. The van der Waals surface area contributed by atoms with E-state index in [1.54, 1.807) is 21.3 Å². The minimum atomic E-state index is -1.38. The minimum Gasteiger partial charge on any atom is -0.392 e.